The lowest BCUT2D eigenvalue weighted by Gasteiger charge is -2.08. The van der Waals surface area contributed by atoms with Crippen molar-refractivity contribution in [2.24, 2.45) is 0 Å². The molecular weight excluding hydrogens is 218 g/mol. The van der Waals surface area contributed by atoms with E-state index in [1.54, 1.807) is 39.9 Å². The van der Waals surface area contributed by atoms with E-state index >= 15 is 0 Å². The van der Waals surface area contributed by atoms with Crippen LogP contribution in [0.5, 0.6) is 0 Å². The fraction of sp³-hybridized carbons (Fsp3) is 0.167. The predicted molar refractivity (Wildman–Crippen MR) is 65.8 cm³/mol. The normalized spacial score (nSPS) is 10.4. The van der Waals surface area contributed by atoms with E-state index in [-0.39, 0.29) is 16.7 Å². The highest BCUT2D eigenvalue weighted by Crippen LogP contribution is 1.94. The Labute approximate surface area is 97.7 Å². The maximum absolute atomic E-state index is 11.4. The highest BCUT2D eigenvalue weighted by Gasteiger charge is 1.97. The third kappa shape index (κ3) is 2.63. The molecule has 2 N–H and O–H groups in total. The van der Waals surface area contributed by atoms with Crippen molar-refractivity contribution in [2.45, 2.75) is 13.1 Å². The number of hydrogen-bond donors (Lipinski definition) is 1. The Morgan fingerprint density at radius 3 is 2.59 bits per heavy atom. The summed E-state index contributed by atoms with van der Waals surface area (Å²) in [5, 5.41) is 0. The highest BCUT2D eigenvalue weighted by atomic mass is 16.1. The lowest BCUT2D eigenvalue weighted by atomic mass is 10.4. The number of nitrogens with zero attached hydrogens (tertiary/aromatic N) is 2. The maximum atomic E-state index is 11.4. The van der Waals surface area contributed by atoms with Gasteiger partial charge in [-0.05, 0) is 6.07 Å². The molecule has 0 unspecified atom stereocenters. The van der Waals surface area contributed by atoms with Crippen LogP contribution in [0.4, 0.5) is 5.69 Å². The summed E-state index contributed by atoms with van der Waals surface area (Å²) >= 11 is 0. The molecule has 2 heterocycles. The number of pyridine rings is 2. The Morgan fingerprint density at radius 1 is 1.06 bits per heavy atom. The first-order valence-electron chi connectivity index (χ1n) is 5.28. The second-order valence-corrected chi connectivity index (χ2v) is 3.73. The van der Waals surface area contributed by atoms with Gasteiger partial charge in [0.25, 0.3) is 5.56 Å². The Kier molecular flexibility index (Phi) is 3.09. The third-order valence-electron chi connectivity index (χ3n) is 2.50. The van der Waals surface area contributed by atoms with E-state index in [1.165, 1.54) is 12.1 Å². The average molecular weight is 231 g/mol. The van der Waals surface area contributed by atoms with Gasteiger partial charge in [0.1, 0.15) is 0 Å². The van der Waals surface area contributed by atoms with Gasteiger partial charge in [0.05, 0.1) is 5.69 Å². The lowest BCUT2D eigenvalue weighted by molar-refractivity contribution is 0.563. The van der Waals surface area contributed by atoms with Crippen molar-refractivity contribution in [1.29, 1.82) is 0 Å². The molecule has 0 amide bonds. The molecule has 0 fully saturated rings. The molecule has 0 aliphatic carbocycles. The van der Waals surface area contributed by atoms with Crippen molar-refractivity contribution in [2.75, 3.05) is 5.73 Å². The first-order valence-corrected chi connectivity index (χ1v) is 5.28. The van der Waals surface area contributed by atoms with Gasteiger partial charge in [-0.1, -0.05) is 6.07 Å². The summed E-state index contributed by atoms with van der Waals surface area (Å²) in [5.74, 6) is 0. The van der Waals surface area contributed by atoms with Crippen molar-refractivity contribution < 1.29 is 0 Å². The van der Waals surface area contributed by atoms with Gasteiger partial charge in [0, 0.05) is 43.8 Å². The molecule has 0 saturated carbocycles. The van der Waals surface area contributed by atoms with Crippen molar-refractivity contribution in [3.05, 3.63) is 63.4 Å². The van der Waals surface area contributed by atoms with E-state index in [9.17, 15) is 9.59 Å². The molecule has 5 heteroatoms. The fourth-order valence-electron chi connectivity index (χ4n) is 1.55. The predicted octanol–water partition coefficient (Wildman–Crippen LogP) is 0.292. The molecule has 0 aromatic carbocycles. The number of aryl methyl sites for hydroxylation is 2. The van der Waals surface area contributed by atoms with Crippen LogP contribution in [0.1, 0.15) is 0 Å². The molecule has 0 atom stereocenters. The zero-order valence-electron chi connectivity index (χ0n) is 9.24. The number of aromatic nitrogens is 2. The topological polar surface area (TPSA) is 70.0 Å². The molecule has 0 bridgehead atoms. The molecule has 2 aromatic rings. The molecule has 0 saturated heterocycles. The van der Waals surface area contributed by atoms with Gasteiger partial charge in [-0.3, -0.25) is 9.59 Å². The maximum Gasteiger partial charge on any atom is 0.250 e. The van der Waals surface area contributed by atoms with Gasteiger partial charge in [-0.15, -0.1) is 0 Å². The fourth-order valence-corrected chi connectivity index (χ4v) is 1.55. The largest absolute Gasteiger partial charge is 0.394 e. The molecule has 0 aliphatic rings. The van der Waals surface area contributed by atoms with Crippen molar-refractivity contribution in [1.82, 2.24) is 9.13 Å². The molecule has 88 valence electrons. The van der Waals surface area contributed by atoms with Crippen LogP contribution in [-0.2, 0) is 13.1 Å². The van der Waals surface area contributed by atoms with Crippen LogP contribution < -0.4 is 16.7 Å². The third-order valence-corrected chi connectivity index (χ3v) is 2.50. The van der Waals surface area contributed by atoms with Gasteiger partial charge in [-0.2, -0.15) is 0 Å². The van der Waals surface area contributed by atoms with Crippen LogP contribution in [0.3, 0.4) is 0 Å². The number of nitrogen functional groups attached to an aromatic ring is 1. The van der Waals surface area contributed by atoms with Gasteiger partial charge in [0.2, 0.25) is 5.43 Å². The van der Waals surface area contributed by atoms with E-state index in [2.05, 4.69) is 0 Å². The van der Waals surface area contributed by atoms with Crippen LogP contribution in [0, 0.1) is 0 Å². The van der Waals surface area contributed by atoms with E-state index in [4.69, 9.17) is 5.73 Å². The summed E-state index contributed by atoms with van der Waals surface area (Å²) in [6.45, 7) is 1.14. The summed E-state index contributed by atoms with van der Waals surface area (Å²) < 4.78 is 3.39. The lowest BCUT2D eigenvalue weighted by Crippen LogP contribution is -2.21. The van der Waals surface area contributed by atoms with Crippen LogP contribution in [0.15, 0.2) is 52.4 Å². The van der Waals surface area contributed by atoms with Crippen molar-refractivity contribution >= 4 is 5.69 Å². The number of anilines is 1. The molecule has 0 spiro atoms. The van der Waals surface area contributed by atoms with Gasteiger partial charge in [0.15, 0.2) is 0 Å². The first kappa shape index (κ1) is 11.2. The van der Waals surface area contributed by atoms with Crippen LogP contribution in [-0.4, -0.2) is 9.13 Å². The van der Waals surface area contributed by atoms with Crippen LogP contribution >= 0.6 is 0 Å². The summed E-state index contributed by atoms with van der Waals surface area (Å²) in [4.78, 5) is 22.5. The minimum absolute atomic E-state index is 0.0403. The summed E-state index contributed by atoms with van der Waals surface area (Å²) in [5.41, 5.74) is 5.51. The van der Waals surface area contributed by atoms with Crippen molar-refractivity contribution in [3.63, 3.8) is 0 Å². The molecule has 17 heavy (non-hydrogen) atoms. The number of nitrogens with two attached hydrogens (primary N) is 1. The second-order valence-electron chi connectivity index (χ2n) is 3.73. The smallest absolute Gasteiger partial charge is 0.250 e. The quantitative estimate of drug-likeness (QED) is 0.825. The van der Waals surface area contributed by atoms with E-state index in [0.717, 1.165) is 0 Å². The monoisotopic (exact) mass is 231 g/mol. The van der Waals surface area contributed by atoms with Gasteiger partial charge in [-0.25, -0.2) is 0 Å². The second kappa shape index (κ2) is 4.69. The minimum Gasteiger partial charge on any atom is -0.394 e. The van der Waals surface area contributed by atoms with E-state index in [0.29, 0.717) is 13.1 Å². The molecular formula is C12H13N3O2. The Bertz CT molecular complexity index is 628. The van der Waals surface area contributed by atoms with Crippen molar-refractivity contribution in [3.8, 4) is 0 Å². The average Bonchev–Trinajstić information content (AvgIpc) is 2.32. The Hall–Kier alpha value is -2.30. The first-order chi connectivity index (χ1) is 8.16. The zero-order valence-corrected chi connectivity index (χ0v) is 9.24. The number of rotatable bonds is 3. The summed E-state index contributed by atoms with van der Waals surface area (Å²) in [6, 6.07) is 6.44. The molecule has 0 aliphatic heterocycles. The van der Waals surface area contributed by atoms with E-state index < -0.39 is 0 Å². The summed E-state index contributed by atoms with van der Waals surface area (Å²) in [7, 11) is 0. The highest BCUT2D eigenvalue weighted by molar-refractivity contribution is 5.33. The Balaban J connectivity index is 2.13. The number of hydrogen-bond acceptors (Lipinski definition) is 3. The van der Waals surface area contributed by atoms with E-state index in [1.807, 2.05) is 0 Å². The Morgan fingerprint density at radius 2 is 1.88 bits per heavy atom. The van der Waals surface area contributed by atoms with Gasteiger partial charge < -0.3 is 14.9 Å². The van der Waals surface area contributed by atoms with Crippen LogP contribution in [0.2, 0.25) is 0 Å². The molecule has 0 radical (unpaired) electrons. The van der Waals surface area contributed by atoms with Crippen LogP contribution in [0.25, 0.3) is 0 Å². The molecule has 2 rings (SSSR count). The van der Waals surface area contributed by atoms with Gasteiger partial charge >= 0.3 is 0 Å². The molecule has 2 aromatic heterocycles. The molecule has 5 nitrogen and oxygen atoms in total. The summed E-state index contributed by atoms with van der Waals surface area (Å²) in [6.07, 6.45) is 4.97. The standard InChI is InChI=1S/C12H13N3O2/c13-10-9-14(6-4-11(10)16)7-8-15-5-2-1-3-12(15)17/h1-6,9H,7-8,13H2. The minimum atomic E-state index is -0.182. The zero-order chi connectivity index (χ0) is 12.3. The SMILES string of the molecule is Nc1cn(CCn2ccccc2=O)ccc1=O.